The smallest absolute Gasteiger partial charge is 0.220 e. The third-order valence-electron chi connectivity index (χ3n) is 3.24. The molecule has 1 aliphatic carbocycles. The monoisotopic (exact) mass is 221 g/mol. The summed E-state index contributed by atoms with van der Waals surface area (Å²) < 4.78 is 5.19. The molecule has 2 unspecified atom stereocenters. The number of hydrogen-bond acceptors (Lipinski definition) is 2. The van der Waals surface area contributed by atoms with E-state index in [0.717, 1.165) is 24.5 Å². The maximum Gasteiger partial charge on any atom is 0.220 e. The molecule has 3 heteroatoms. The second kappa shape index (κ2) is 5.19. The number of nitrogens with one attached hydrogen (secondary N) is 1. The highest BCUT2D eigenvalue weighted by Gasteiger charge is 2.22. The van der Waals surface area contributed by atoms with Crippen LogP contribution in [0.4, 0.5) is 0 Å². The maximum absolute atomic E-state index is 11.6. The van der Waals surface area contributed by atoms with Crippen LogP contribution in [0.1, 0.15) is 38.4 Å². The Morgan fingerprint density at radius 2 is 2.44 bits per heavy atom. The van der Waals surface area contributed by atoms with Crippen molar-refractivity contribution in [2.24, 2.45) is 5.92 Å². The summed E-state index contributed by atoms with van der Waals surface area (Å²) in [4.78, 5) is 11.6. The Kier molecular flexibility index (Phi) is 3.65. The standard InChI is InChI=1S/C13H19NO2/c1-10-4-5-11(9-10)14-13(15)7-6-12-3-2-8-16-12/h2-3,8,10-11H,4-7,9H2,1H3,(H,14,15). The van der Waals surface area contributed by atoms with E-state index < -0.39 is 0 Å². The first kappa shape index (κ1) is 11.2. The molecule has 0 aliphatic heterocycles. The van der Waals surface area contributed by atoms with Crippen molar-refractivity contribution in [2.75, 3.05) is 0 Å². The Balaban J connectivity index is 1.68. The van der Waals surface area contributed by atoms with Crippen LogP contribution in [0.3, 0.4) is 0 Å². The van der Waals surface area contributed by atoms with Crippen LogP contribution >= 0.6 is 0 Å². The molecule has 0 aromatic carbocycles. The van der Waals surface area contributed by atoms with Gasteiger partial charge in [-0.25, -0.2) is 0 Å². The lowest BCUT2D eigenvalue weighted by molar-refractivity contribution is -0.121. The highest BCUT2D eigenvalue weighted by Crippen LogP contribution is 2.24. The molecule has 1 amide bonds. The molecule has 0 bridgehead atoms. The van der Waals surface area contributed by atoms with E-state index in [0.29, 0.717) is 18.9 Å². The fourth-order valence-corrected chi connectivity index (χ4v) is 2.33. The summed E-state index contributed by atoms with van der Waals surface area (Å²) in [5.41, 5.74) is 0. The Morgan fingerprint density at radius 1 is 1.56 bits per heavy atom. The SMILES string of the molecule is CC1CCC(NC(=O)CCc2ccco2)C1. The lowest BCUT2D eigenvalue weighted by Gasteiger charge is -2.11. The Hall–Kier alpha value is -1.25. The van der Waals surface area contributed by atoms with Gasteiger partial charge in [0.15, 0.2) is 0 Å². The number of carbonyl (C=O) groups is 1. The van der Waals surface area contributed by atoms with Gasteiger partial charge in [0.2, 0.25) is 5.91 Å². The second-order valence-corrected chi connectivity index (χ2v) is 4.76. The van der Waals surface area contributed by atoms with Crippen LogP contribution in [-0.2, 0) is 11.2 Å². The first-order valence-electron chi connectivity index (χ1n) is 6.06. The van der Waals surface area contributed by atoms with E-state index in [2.05, 4.69) is 12.2 Å². The third-order valence-corrected chi connectivity index (χ3v) is 3.24. The van der Waals surface area contributed by atoms with Gasteiger partial charge >= 0.3 is 0 Å². The van der Waals surface area contributed by atoms with Gasteiger partial charge in [0, 0.05) is 18.9 Å². The summed E-state index contributed by atoms with van der Waals surface area (Å²) in [7, 11) is 0. The van der Waals surface area contributed by atoms with Gasteiger partial charge in [-0.1, -0.05) is 6.92 Å². The fraction of sp³-hybridized carbons (Fsp3) is 0.615. The van der Waals surface area contributed by atoms with Crippen LogP contribution in [-0.4, -0.2) is 11.9 Å². The van der Waals surface area contributed by atoms with Crippen molar-refractivity contribution in [3.63, 3.8) is 0 Å². The zero-order chi connectivity index (χ0) is 11.4. The van der Waals surface area contributed by atoms with Crippen molar-refractivity contribution in [3.8, 4) is 0 Å². The van der Waals surface area contributed by atoms with E-state index in [9.17, 15) is 4.79 Å². The highest BCUT2D eigenvalue weighted by atomic mass is 16.3. The zero-order valence-corrected chi connectivity index (χ0v) is 9.74. The molecule has 1 aromatic rings. The number of amides is 1. The Bertz CT molecular complexity index is 332. The minimum Gasteiger partial charge on any atom is -0.469 e. The lowest BCUT2D eigenvalue weighted by Crippen LogP contribution is -2.32. The maximum atomic E-state index is 11.6. The number of carbonyl (C=O) groups excluding carboxylic acids is 1. The first-order valence-corrected chi connectivity index (χ1v) is 6.06. The molecule has 1 N–H and O–H groups in total. The third kappa shape index (κ3) is 3.12. The second-order valence-electron chi connectivity index (χ2n) is 4.76. The number of hydrogen-bond donors (Lipinski definition) is 1. The number of rotatable bonds is 4. The van der Waals surface area contributed by atoms with E-state index in [4.69, 9.17) is 4.42 Å². The highest BCUT2D eigenvalue weighted by molar-refractivity contribution is 5.76. The molecule has 88 valence electrons. The van der Waals surface area contributed by atoms with Crippen LogP contribution < -0.4 is 5.32 Å². The number of aryl methyl sites for hydroxylation is 1. The van der Waals surface area contributed by atoms with Crippen LogP contribution in [0.5, 0.6) is 0 Å². The van der Waals surface area contributed by atoms with Gasteiger partial charge in [-0.15, -0.1) is 0 Å². The number of furan rings is 1. The van der Waals surface area contributed by atoms with Crippen molar-refractivity contribution in [3.05, 3.63) is 24.2 Å². The summed E-state index contributed by atoms with van der Waals surface area (Å²) in [5.74, 6) is 1.79. The van der Waals surface area contributed by atoms with Gasteiger partial charge in [0.25, 0.3) is 0 Å². The Morgan fingerprint density at radius 3 is 3.06 bits per heavy atom. The predicted octanol–water partition coefficient (Wildman–Crippen LogP) is 2.52. The summed E-state index contributed by atoms with van der Waals surface area (Å²) in [6.07, 6.45) is 6.37. The van der Waals surface area contributed by atoms with Crippen molar-refractivity contribution in [1.82, 2.24) is 5.32 Å². The molecule has 2 atom stereocenters. The molecular formula is C13H19NO2. The molecule has 0 spiro atoms. The molecule has 1 aromatic heterocycles. The van der Waals surface area contributed by atoms with Crippen molar-refractivity contribution in [2.45, 2.75) is 45.1 Å². The fourth-order valence-electron chi connectivity index (χ4n) is 2.33. The van der Waals surface area contributed by atoms with Crippen molar-refractivity contribution >= 4 is 5.91 Å². The van der Waals surface area contributed by atoms with Gasteiger partial charge in [0.1, 0.15) is 5.76 Å². The molecule has 0 radical (unpaired) electrons. The molecule has 1 heterocycles. The molecule has 0 saturated heterocycles. The minimum absolute atomic E-state index is 0.149. The van der Waals surface area contributed by atoms with Gasteiger partial charge in [0.05, 0.1) is 6.26 Å². The summed E-state index contributed by atoms with van der Waals surface area (Å²) in [5, 5.41) is 3.09. The van der Waals surface area contributed by atoms with E-state index in [1.807, 2.05) is 12.1 Å². The first-order chi connectivity index (χ1) is 7.74. The molecule has 1 saturated carbocycles. The largest absolute Gasteiger partial charge is 0.469 e. The van der Waals surface area contributed by atoms with Gasteiger partial charge in [-0.05, 0) is 37.3 Å². The van der Waals surface area contributed by atoms with Gasteiger partial charge in [-0.3, -0.25) is 4.79 Å². The molecular weight excluding hydrogens is 202 g/mol. The van der Waals surface area contributed by atoms with Crippen LogP contribution in [0.2, 0.25) is 0 Å². The quantitative estimate of drug-likeness (QED) is 0.848. The van der Waals surface area contributed by atoms with Gasteiger partial charge in [-0.2, -0.15) is 0 Å². The lowest BCUT2D eigenvalue weighted by atomic mass is 10.1. The minimum atomic E-state index is 0.149. The molecule has 1 fully saturated rings. The average Bonchev–Trinajstić information content (AvgIpc) is 2.87. The normalized spacial score (nSPS) is 24.6. The van der Waals surface area contributed by atoms with Crippen molar-refractivity contribution in [1.29, 1.82) is 0 Å². The summed E-state index contributed by atoms with van der Waals surface area (Å²) in [6, 6.07) is 4.16. The van der Waals surface area contributed by atoms with E-state index in [-0.39, 0.29) is 5.91 Å². The van der Waals surface area contributed by atoms with E-state index in [1.54, 1.807) is 6.26 Å². The Labute approximate surface area is 96.2 Å². The predicted molar refractivity (Wildman–Crippen MR) is 62.0 cm³/mol. The van der Waals surface area contributed by atoms with E-state index >= 15 is 0 Å². The molecule has 16 heavy (non-hydrogen) atoms. The molecule has 1 aliphatic rings. The van der Waals surface area contributed by atoms with Crippen molar-refractivity contribution < 1.29 is 9.21 Å². The molecule has 2 rings (SSSR count). The average molecular weight is 221 g/mol. The van der Waals surface area contributed by atoms with Crippen LogP contribution in [0.15, 0.2) is 22.8 Å². The van der Waals surface area contributed by atoms with Gasteiger partial charge < -0.3 is 9.73 Å². The van der Waals surface area contributed by atoms with Crippen LogP contribution in [0.25, 0.3) is 0 Å². The van der Waals surface area contributed by atoms with Crippen LogP contribution in [0, 0.1) is 5.92 Å². The summed E-state index contributed by atoms with van der Waals surface area (Å²) in [6.45, 7) is 2.25. The topological polar surface area (TPSA) is 42.2 Å². The zero-order valence-electron chi connectivity index (χ0n) is 9.74. The van der Waals surface area contributed by atoms with E-state index in [1.165, 1.54) is 6.42 Å². The summed E-state index contributed by atoms with van der Waals surface area (Å²) >= 11 is 0. The molecule has 3 nitrogen and oxygen atoms in total.